The van der Waals surface area contributed by atoms with Crippen molar-refractivity contribution >= 4 is 17.8 Å². The van der Waals surface area contributed by atoms with Crippen LogP contribution in [-0.4, -0.2) is 27.9 Å². The van der Waals surface area contributed by atoms with Crippen molar-refractivity contribution in [2.24, 2.45) is 11.1 Å². The lowest BCUT2D eigenvalue weighted by Gasteiger charge is -2.37. The third-order valence-electron chi connectivity index (χ3n) is 5.75. The number of amides is 3. The number of primary amides is 1. The van der Waals surface area contributed by atoms with Gasteiger partial charge in [-0.15, -0.1) is 0 Å². The molecule has 4 rings (SSSR count). The number of aromatic nitrogens is 2. The van der Waals surface area contributed by atoms with Crippen LogP contribution in [0, 0.1) is 11.2 Å². The lowest BCUT2D eigenvalue weighted by Crippen LogP contribution is -2.46. The minimum absolute atomic E-state index is 0.000735. The van der Waals surface area contributed by atoms with E-state index < -0.39 is 29.1 Å². The van der Waals surface area contributed by atoms with Crippen LogP contribution in [-0.2, 0) is 4.79 Å². The molecule has 8 nitrogen and oxygen atoms in total. The number of hydrogen-bond donors (Lipinski definition) is 3. The molecule has 176 valence electrons. The molecule has 4 N–H and O–H groups in total. The third-order valence-corrected chi connectivity index (χ3v) is 5.75. The van der Waals surface area contributed by atoms with E-state index in [1.807, 2.05) is 26.0 Å². The molecule has 3 heterocycles. The molecule has 3 amide bonds. The Morgan fingerprint density at radius 2 is 1.88 bits per heavy atom. The summed E-state index contributed by atoms with van der Waals surface area (Å²) in [5.74, 6) is -0.875. The fourth-order valence-corrected chi connectivity index (χ4v) is 4.15. The number of benzene rings is 1. The molecule has 1 atom stereocenters. The van der Waals surface area contributed by atoms with Crippen LogP contribution in [0.3, 0.4) is 0 Å². The molecule has 2 aromatic heterocycles. The van der Waals surface area contributed by atoms with E-state index in [1.54, 1.807) is 44.3 Å². The maximum Gasteiger partial charge on any atom is 0.318 e. The Kier molecular flexibility index (Phi) is 5.95. The number of para-hydroxylation sites is 1. The summed E-state index contributed by atoms with van der Waals surface area (Å²) in [6, 6.07) is 11.2. The minimum atomic E-state index is -1.18. The predicted octanol–water partition coefficient (Wildman–Crippen LogP) is 4.56. The number of pyridine rings is 2. The molecule has 1 aliphatic heterocycles. The zero-order valence-electron chi connectivity index (χ0n) is 19.3. The molecule has 0 spiro atoms. The van der Waals surface area contributed by atoms with Crippen LogP contribution in [0.15, 0.2) is 48.7 Å². The van der Waals surface area contributed by atoms with Crippen LogP contribution in [0.25, 0.3) is 11.3 Å². The molecule has 0 bridgehead atoms. The average Bonchev–Trinajstić information content (AvgIpc) is 2.77. The Bertz CT molecular complexity index is 1260. The molecule has 9 heteroatoms. The van der Waals surface area contributed by atoms with Gasteiger partial charge in [-0.1, -0.05) is 32.0 Å². The lowest BCUT2D eigenvalue weighted by molar-refractivity contribution is -0.128. The zero-order chi connectivity index (χ0) is 24.6. The van der Waals surface area contributed by atoms with Gasteiger partial charge in [0.25, 0.3) is 0 Å². The highest BCUT2D eigenvalue weighted by Crippen LogP contribution is 2.52. The first-order valence-electron chi connectivity index (χ1n) is 10.9. The van der Waals surface area contributed by atoms with E-state index in [0.29, 0.717) is 16.8 Å². The van der Waals surface area contributed by atoms with Crippen molar-refractivity contribution in [3.63, 3.8) is 0 Å². The van der Waals surface area contributed by atoms with Crippen molar-refractivity contribution in [3.8, 4) is 22.9 Å². The number of nitrogens with zero attached hydrogens (tertiary/aromatic N) is 2. The van der Waals surface area contributed by atoms with Gasteiger partial charge in [0.2, 0.25) is 11.8 Å². The largest absolute Gasteiger partial charge is 0.435 e. The summed E-state index contributed by atoms with van der Waals surface area (Å²) in [6.45, 7) is 7.38. The van der Waals surface area contributed by atoms with Gasteiger partial charge in [-0.2, -0.15) is 0 Å². The first kappa shape index (κ1) is 23.2. The van der Waals surface area contributed by atoms with Gasteiger partial charge in [-0.3, -0.25) is 10.1 Å². The molecular weight excluding hydrogens is 437 g/mol. The molecule has 0 fully saturated rings. The van der Waals surface area contributed by atoms with E-state index in [4.69, 9.17) is 10.5 Å². The Balaban J connectivity index is 1.79. The summed E-state index contributed by atoms with van der Waals surface area (Å²) in [5.41, 5.74) is 6.41. The van der Waals surface area contributed by atoms with Gasteiger partial charge >= 0.3 is 6.03 Å². The number of anilines is 1. The van der Waals surface area contributed by atoms with Crippen LogP contribution in [0.5, 0.6) is 11.6 Å². The molecule has 0 aliphatic carbocycles. The lowest BCUT2D eigenvalue weighted by atomic mass is 9.69. The topological polar surface area (TPSA) is 119 Å². The van der Waals surface area contributed by atoms with Crippen LogP contribution < -0.4 is 21.1 Å². The fourth-order valence-electron chi connectivity index (χ4n) is 4.15. The maximum absolute atomic E-state index is 14.8. The normalized spacial score (nSPS) is 14.6. The fraction of sp³-hybridized carbons (Fsp3) is 0.280. The number of imide groups is 1. The van der Waals surface area contributed by atoms with Crippen molar-refractivity contribution in [3.05, 3.63) is 65.6 Å². The predicted molar refractivity (Wildman–Crippen MR) is 126 cm³/mol. The highest BCUT2D eigenvalue weighted by atomic mass is 19.1. The molecule has 34 heavy (non-hydrogen) atoms. The summed E-state index contributed by atoms with van der Waals surface area (Å²) in [5, 5.41) is 5.37. The van der Waals surface area contributed by atoms with Crippen molar-refractivity contribution in [2.75, 3.05) is 5.32 Å². The quantitative estimate of drug-likeness (QED) is 0.510. The summed E-state index contributed by atoms with van der Waals surface area (Å²) in [6.07, 6.45) is 1.69. The number of carbonyl (C=O) groups is 2. The Morgan fingerprint density at radius 1 is 1.12 bits per heavy atom. The number of carbonyl (C=O) groups excluding carboxylic acids is 2. The van der Waals surface area contributed by atoms with Crippen molar-refractivity contribution in [1.82, 2.24) is 15.3 Å². The number of ether oxygens (including phenoxy) is 1. The second-order valence-electron chi connectivity index (χ2n) is 9.06. The first-order valence-corrected chi connectivity index (χ1v) is 10.9. The number of nitrogens with one attached hydrogen (secondary N) is 2. The Morgan fingerprint density at radius 3 is 2.53 bits per heavy atom. The number of fused-ring (bicyclic) bond motifs is 2. The summed E-state index contributed by atoms with van der Waals surface area (Å²) in [4.78, 5) is 33.3. The molecule has 1 aliphatic rings. The number of rotatable bonds is 5. The Labute approximate surface area is 196 Å². The number of halogens is 1. The van der Waals surface area contributed by atoms with Crippen LogP contribution in [0.1, 0.15) is 44.7 Å². The van der Waals surface area contributed by atoms with E-state index in [2.05, 4.69) is 20.6 Å². The highest BCUT2D eigenvalue weighted by Gasteiger charge is 2.45. The number of urea groups is 1. The minimum Gasteiger partial charge on any atom is -0.435 e. The van der Waals surface area contributed by atoms with Gasteiger partial charge in [-0.05, 0) is 38.1 Å². The molecule has 0 saturated heterocycles. The van der Waals surface area contributed by atoms with E-state index in [-0.39, 0.29) is 17.7 Å². The van der Waals surface area contributed by atoms with Gasteiger partial charge in [0.1, 0.15) is 5.82 Å². The van der Waals surface area contributed by atoms with Crippen molar-refractivity contribution < 1.29 is 18.7 Å². The average molecular weight is 464 g/mol. The van der Waals surface area contributed by atoms with E-state index in [1.165, 1.54) is 6.07 Å². The highest BCUT2D eigenvalue weighted by molar-refractivity contribution is 5.97. The molecular formula is C25H26FN5O3. The molecule has 0 unspecified atom stereocenters. The van der Waals surface area contributed by atoms with E-state index in [9.17, 15) is 14.0 Å². The Hall–Kier alpha value is -4.01. The first-order chi connectivity index (χ1) is 16.1. The summed E-state index contributed by atoms with van der Waals surface area (Å²) < 4.78 is 20.7. The maximum atomic E-state index is 14.8. The second kappa shape index (κ2) is 8.74. The van der Waals surface area contributed by atoms with Gasteiger partial charge in [0, 0.05) is 34.8 Å². The van der Waals surface area contributed by atoms with Crippen molar-refractivity contribution in [2.45, 2.75) is 39.7 Å². The molecule has 1 aromatic carbocycles. The van der Waals surface area contributed by atoms with E-state index in [0.717, 1.165) is 11.4 Å². The number of nitrogens with two attached hydrogens (primary N) is 1. The molecule has 0 saturated carbocycles. The van der Waals surface area contributed by atoms with Crippen LogP contribution in [0.4, 0.5) is 15.0 Å². The zero-order valence-corrected chi connectivity index (χ0v) is 19.3. The SMILES string of the molecule is CC(C)Nc1ccc(-c2ccc3c(n2)Oc2c(F)cccc2[C@@H]3C(C)(C)C(=O)NC(N)=O)cn1. The standard InChI is InChI=1S/C25H26FN5O3/c1-13(2)29-19-11-8-14(12-28-19)18-10-9-16-20(25(3,4)23(32)31-24(27)33)15-6-5-7-17(26)21(15)34-22(16)30-18/h5-13,20H,1-4H3,(H,28,29)(H3,27,31,32,33)/t20-/m0/s1. The third kappa shape index (κ3) is 4.28. The van der Waals surface area contributed by atoms with E-state index >= 15 is 0 Å². The summed E-state index contributed by atoms with van der Waals surface area (Å²) in [7, 11) is 0. The van der Waals surface area contributed by atoms with Gasteiger partial charge in [0.05, 0.1) is 11.1 Å². The second-order valence-corrected chi connectivity index (χ2v) is 9.06. The van der Waals surface area contributed by atoms with Crippen molar-refractivity contribution in [1.29, 1.82) is 0 Å². The van der Waals surface area contributed by atoms with Crippen LogP contribution in [0.2, 0.25) is 0 Å². The van der Waals surface area contributed by atoms with Crippen LogP contribution >= 0.6 is 0 Å². The monoisotopic (exact) mass is 463 g/mol. The smallest absolute Gasteiger partial charge is 0.318 e. The molecule has 0 radical (unpaired) electrons. The molecule has 3 aromatic rings. The number of hydrogen-bond acceptors (Lipinski definition) is 6. The van der Waals surface area contributed by atoms with Gasteiger partial charge in [-0.25, -0.2) is 19.2 Å². The van der Waals surface area contributed by atoms with Gasteiger partial charge in [0.15, 0.2) is 11.6 Å². The van der Waals surface area contributed by atoms with Gasteiger partial charge < -0.3 is 15.8 Å². The summed E-state index contributed by atoms with van der Waals surface area (Å²) >= 11 is 0.